The first kappa shape index (κ1) is 17.7. The molecule has 0 amide bonds. The molecule has 2 heterocycles. The highest BCUT2D eigenvalue weighted by atomic mass is 35.5. The number of nitrogens with one attached hydrogen (secondary N) is 1. The quantitative estimate of drug-likeness (QED) is 0.847. The maximum absolute atomic E-state index is 11.0. The Kier molecular flexibility index (Phi) is 5.76. The number of nitrogens with zero attached hydrogens (tertiary/aromatic N) is 1. The molecule has 1 aromatic carbocycles. The largest absolute Gasteiger partial charge is 0.493 e. The minimum absolute atomic E-state index is 0.587. The zero-order valence-electron chi connectivity index (χ0n) is 13.8. The Hall–Kier alpha value is -1.14. The van der Waals surface area contributed by atoms with E-state index in [9.17, 15) is 5.11 Å². The van der Waals surface area contributed by atoms with Gasteiger partial charge in [0.1, 0.15) is 16.4 Å². The molecule has 24 heavy (non-hydrogen) atoms. The average Bonchev–Trinajstić information content (AvgIpc) is 2.79. The van der Waals surface area contributed by atoms with Crippen molar-refractivity contribution in [3.8, 4) is 5.75 Å². The molecule has 0 saturated carbocycles. The van der Waals surface area contributed by atoms with Crippen molar-refractivity contribution in [1.29, 1.82) is 0 Å². The molecule has 1 aromatic heterocycles. The number of ether oxygens (including phenoxy) is 1. The normalized spacial score (nSPS) is 21.5. The molecule has 1 fully saturated rings. The van der Waals surface area contributed by atoms with Crippen LogP contribution < -0.4 is 10.1 Å². The smallest absolute Gasteiger partial charge is 0.125 e. The summed E-state index contributed by atoms with van der Waals surface area (Å²) < 4.78 is 5.77. The molecule has 1 aliphatic heterocycles. The summed E-state index contributed by atoms with van der Waals surface area (Å²) in [5.41, 5.74) is 0.217. The summed E-state index contributed by atoms with van der Waals surface area (Å²) in [6.45, 7) is 4.40. The lowest BCUT2D eigenvalue weighted by molar-refractivity contribution is 0.0237. The Balaban J connectivity index is 1.62. The molecule has 6 heteroatoms. The Morgan fingerprint density at radius 1 is 1.29 bits per heavy atom. The summed E-state index contributed by atoms with van der Waals surface area (Å²) in [4.78, 5) is 5.84. The van der Waals surface area contributed by atoms with Crippen molar-refractivity contribution in [3.63, 3.8) is 0 Å². The van der Waals surface area contributed by atoms with Gasteiger partial charge in [0.05, 0.1) is 12.3 Å². The number of benzene rings is 1. The van der Waals surface area contributed by atoms with Crippen LogP contribution in [0.25, 0.3) is 0 Å². The van der Waals surface area contributed by atoms with Crippen LogP contribution in [0, 0.1) is 6.92 Å². The molecule has 0 unspecified atom stereocenters. The van der Waals surface area contributed by atoms with Gasteiger partial charge >= 0.3 is 0 Å². The zero-order valence-corrected chi connectivity index (χ0v) is 15.4. The lowest BCUT2D eigenvalue weighted by atomic mass is 9.96. The summed E-state index contributed by atoms with van der Waals surface area (Å²) in [6.07, 6.45) is 3.26. The van der Waals surface area contributed by atoms with Gasteiger partial charge in [0.2, 0.25) is 0 Å². The molecule has 3 rings (SSSR count). The zero-order chi connectivity index (χ0) is 17.0. The Morgan fingerprint density at radius 3 is 2.88 bits per heavy atom. The van der Waals surface area contributed by atoms with Crippen molar-refractivity contribution >= 4 is 22.9 Å². The predicted octanol–water partition coefficient (Wildman–Crippen LogP) is 3.69. The Labute approximate surface area is 151 Å². The summed E-state index contributed by atoms with van der Waals surface area (Å²) in [5, 5.41) is 15.8. The monoisotopic (exact) mass is 366 g/mol. The van der Waals surface area contributed by atoms with Gasteiger partial charge in [-0.25, -0.2) is 4.98 Å². The first-order chi connectivity index (χ1) is 11.6. The van der Waals surface area contributed by atoms with Gasteiger partial charge in [-0.1, -0.05) is 11.6 Å². The van der Waals surface area contributed by atoms with Crippen molar-refractivity contribution in [1.82, 2.24) is 10.3 Å². The maximum atomic E-state index is 11.0. The second kappa shape index (κ2) is 7.83. The second-order valence-corrected chi connectivity index (χ2v) is 7.74. The van der Waals surface area contributed by atoms with Crippen LogP contribution in [0.4, 0.5) is 0 Å². The third-order valence-corrected chi connectivity index (χ3v) is 6.02. The molecule has 2 N–H and O–H groups in total. The third kappa shape index (κ3) is 4.28. The highest BCUT2D eigenvalue weighted by molar-refractivity contribution is 7.11. The summed E-state index contributed by atoms with van der Waals surface area (Å²) >= 11 is 7.50. The van der Waals surface area contributed by atoms with Crippen molar-refractivity contribution in [3.05, 3.63) is 44.9 Å². The van der Waals surface area contributed by atoms with E-state index < -0.39 is 5.60 Å². The van der Waals surface area contributed by atoms with Crippen LogP contribution in [-0.2, 0) is 12.0 Å². The van der Waals surface area contributed by atoms with Gasteiger partial charge in [0.25, 0.3) is 0 Å². The molecule has 2 aromatic rings. The van der Waals surface area contributed by atoms with Crippen LogP contribution in [0.1, 0.15) is 34.8 Å². The minimum atomic E-state index is -0.784. The van der Waals surface area contributed by atoms with E-state index in [0.29, 0.717) is 11.6 Å². The number of aryl methyl sites for hydroxylation is 1. The minimum Gasteiger partial charge on any atom is -0.493 e. The molecule has 4 nitrogen and oxygen atoms in total. The lowest BCUT2D eigenvalue weighted by Crippen LogP contribution is -2.27. The first-order valence-electron chi connectivity index (χ1n) is 8.35. The Morgan fingerprint density at radius 2 is 2.08 bits per heavy atom. The van der Waals surface area contributed by atoms with E-state index in [2.05, 4.69) is 10.3 Å². The van der Waals surface area contributed by atoms with Crippen molar-refractivity contribution < 1.29 is 9.84 Å². The van der Waals surface area contributed by atoms with Crippen LogP contribution in [-0.4, -0.2) is 29.8 Å². The van der Waals surface area contributed by atoms with E-state index in [1.54, 1.807) is 11.3 Å². The van der Waals surface area contributed by atoms with Crippen LogP contribution in [0.3, 0.4) is 0 Å². The van der Waals surface area contributed by atoms with Crippen LogP contribution in [0.2, 0.25) is 5.02 Å². The molecule has 0 spiro atoms. The molecular weight excluding hydrogens is 344 g/mol. The fourth-order valence-electron chi connectivity index (χ4n) is 2.92. The summed E-state index contributed by atoms with van der Waals surface area (Å²) in [7, 11) is 0. The molecule has 0 bridgehead atoms. The maximum Gasteiger partial charge on any atom is 0.125 e. The number of halogens is 1. The highest BCUT2D eigenvalue weighted by Gasteiger charge is 2.33. The Bertz CT molecular complexity index is 664. The molecule has 0 aliphatic carbocycles. The van der Waals surface area contributed by atoms with Gasteiger partial charge < -0.3 is 15.2 Å². The standard InChI is InChI=1S/C18H23ClN2O2S/c1-13-16(7-12-23-15-5-3-14(19)4-6-15)24-17(21-13)18(22)8-2-10-20-11-9-18/h3-6,20,22H,2,7-12H2,1H3/t18-/m0/s1. The van der Waals surface area contributed by atoms with Gasteiger partial charge in [-0.05, 0) is 63.5 Å². The molecule has 1 saturated heterocycles. The number of thiazole rings is 1. The highest BCUT2D eigenvalue weighted by Crippen LogP contribution is 2.35. The lowest BCUT2D eigenvalue weighted by Gasteiger charge is -2.23. The van der Waals surface area contributed by atoms with Crippen molar-refractivity contribution in [2.45, 2.75) is 38.2 Å². The van der Waals surface area contributed by atoms with Gasteiger partial charge in [-0.2, -0.15) is 0 Å². The predicted molar refractivity (Wildman–Crippen MR) is 98.1 cm³/mol. The topological polar surface area (TPSA) is 54.4 Å². The van der Waals surface area contributed by atoms with Crippen LogP contribution >= 0.6 is 22.9 Å². The van der Waals surface area contributed by atoms with Gasteiger partial charge in [0, 0.05) is 16.3 Å². The molecule has 0 radical (unpaired) electrons. The van der Waals surface area contributed by atoms with E-state index >= 15 is 0 Å². The summed E-state index contributed by atoms with van der Waals surface area (Å²) in [5.74, 6) is 0.815. The van der Waals surface area contributed by atoms with Gasteiger partial charge in [0.15, 0.2) is 0 Å². The fourth-order valence-corrected chi connectivity index (χ4v) is 4.23. The van der Waals surface area contributed by atoms with Gasteiger partial charge in [-0.15, -0.1) is 11.3 Å². The molecule has 130 valence electrons. The third-order valence-electron chi connectivity index (χ3n) is 4.36. The van der Waals surface area contributed by atoms with Crippen molar-refractivity contribution in [2.75, 3.05) is 19.7 Å². The van der Waals surface area contributed by atoms with E-state index in [1.165, 1.54) is 4.88 Å². The average molecular weight is 367 g/mol. The van der Waals surface area contributed by atoms with E-state index in [-0.39, 0.29) is 0 Å². The van der Waals surface area contributed by atoms with Crippen LogP contribution in [0.5, 0.6) is 5.75 Å². The van der Waals surface area contributed by atoms with Crippen molar-refractivity contribution in [2.24, 2.45) is 0 Å². The molecule has 1 atom stereocenters. The van der Waals surface area contributed by atoms with E-state index in [0.717, 1.165) is 55.2 Å². The van der Waals surface area contributed by atoms with Gasteiger partial charge in [-0.3, -0.25) is 0 Å². The van der Waals surface area contributed by atoms with E-state index in [1.807, 2.05) is 31.2 Å². The molecule has 1 aliphatic rings. The number of hydrogen-bond donors (Lipinski definition) is 2. The fraction of sp³-hybridized carbons (Fsp3) is 0.500. The SMILES string of the molecule is Cc1nc([C@]2(O)CCCNCC2)sc1CCOc1ccc(Cl)cc1. The number of rotatable bonds is 5. The number of hydrogen-bond acceptors (Lipinski definition) is 5. The molecular formula is C18H23ClN2O2S. The number of aromatic nitrogens is 1. The number of aliphatic hydroxyl groups is 1. The second-order valence-electron chi connectivity index (χ2n) is 6.22. The summed E-state index contributed by atoms with van der Waals surface area (Å²) in [6, 6.07) is 7.38. The van der Waals surface area contributed by atoms with Crippen LogP contribution in [0.15, 0.2) is 24.3 Å². The first-order valence-corrected chi connectivity index (χ1v) is 9.54. The van der Waals surface area contributed by atoms with E-state index in [4.69, 9.17) is 16.3 Å².